The molecule has 0 bridgehead atoms. The molecular formula is C11H11NO. The van der Waals surface area contributed by atoms with Crippen LogP contribution in [-0.4, -0.2) is 6.10 Å². The van der Waals surface area contributed by atoms with Crippen LogP contribution in [0.2, 0.25) is 0 Å². The number of rotatable bonds is 1. The van der Waals surface area contributed by atoms with Crippen LogP contribution < -0.4 is 0 Å². The van der Waals surface area contributed by atoms with Gasteiger partial charge < -0.3 is 4.74 Å². The fraction of sp³-hybridized carbons (Fsp3) is 0.364. The molecule has 1 fully saturated rings. The highest BCUT2D eigenvalue weighted by Crippen LogP contribution is 2.45. The third-order valence-corrected chi connectivity index (χ3v) is 2.55. The Labute approximate surface area is 77.8 Å². The van der Waals surface area contributed by atoms with Crippen LogP contribution >= 0.6 is 0 Å². The van der Waals surface area contributed by atoms with E-state index >= 15 is 0 Å². The third-order valence-electron chi connectivity index (χ3n) is 2.55. The topological polar surface area (TPSA) is 36.3 Å². The molecule has 0 N–H and O–H groups in total. The lowest BCUT2D eigenvalue weighted by molar-refractivity contribution is 0.321. The Balaban J connectivity index is 2.29. The van der Waals surface area contributed by atoms with E-state index in [0.717, 1.165) is 5.56 Å². The molecule has 1 saturated heterocycles. The Hall–Kier alpha value is -1.33. The molecule has 1 aliphatic heterocycles. The van der Waals surface area contributed by atoms with E-state index in [1.165, 1.54) is 5.56 Å². The van der Waals surface area contributed by atoms with E-state index in [0.29, 0.717) is 0 Å². The molecule has 0 radical (unpaired) electrons. The zero-order valence-electron chi connectivity index (χ0n) is 7.74. The van der Waals surface area contributed by atoms with Crippen molar-refractivity contribution in [1.29, 1.82) is 5.26 Å². The predicted octanol–water partition coefficient (Wildman–Crippen LogP) is 2.13. The smallest absolute Gasteiger partial charge is 0.178 e. The van der Waals surface area contributed by atoms with Gasteiger partial charge in [-0.3, -0.25) is 0 Å². The number of nitriles is 1. The molecule has 0 aromatic heterocycles. The van der Waals surface area contributed by atoms with E-state index in [4.69, 9.17) is 10.00 Å². The molecule has 1 heterocycles. The minimum absolute atomic E-state index is 0.268. The van der Waals surface area contributed by atoms with E-state index in [-0.39, 0.29) is 11.7 Å². The van der Waals surface area contributed by atoms with Gasteiger partial charge in [-0.25, -0.2) is 0 Å². The Morgan fingerprint density at radius 3 is 2.46 bits per heavy atom. The van der Waals surface area contributed by atoms with Gasteiger partial charge in [0.2, 0.25) is 0 Å². The number of nitrogens with zero attached hydrogens (tertiary/aromatic N) is 1. The van der Waals surface area contributed by atoms with Crippen molar-refractivity contribution in [2.45, 2.75) is 25.6 Å². The van der Waals surface area contributed by atoms with Gasteiger partial charge in [0.25, 0.3) is 0 Å². The Bertz CT molecular complexity index is 363. The van der Waals surface area contributed by atoms with Crippen LogP contribution in [0.25, 0.3) is 0 Å². The molecule has 2 unspecified atom stereocenters. The van der Waals surface area contributed by atoms with Crippen LogP contribution in [0.1, 0.15) is 18.1 Å². The summed E-state index contributed by atoms with van der Waals surface area (Å²) in [6.07, 6.45) is -0.268. The molecule has 1 aliphatic rings. The number of epoxide rings is 1. The van der Waals surface area contributed by atoms with E-state index in [2.05, 4.69) is 6.07 Å². The first-order valence-electron chi connectivity index (χ1n) is 4.31. The molecular weight excluding hydrogens is 162 g/mol. The quantitative estimate of drug-likeness (QED) is 0.610. The fourth-order valence-electron chi connectivity index (χ4n) is 1.46. The van der Waals surface area contributed by atoms with Crippen molar-refractivity contribution in [3.8, 4) is 6.07 Å². The Morgan fingerprint density at radius 1 is 1.38 bits per heavy atom. The second-order valence-electron chi connectivity index (χ2n) is 3.60. The Kier molecular flexibility index (Phi) is 1.64. The monoisotopic (exact) mass is 173 g/mol. The van der Waals surface area contributed by atoms with Crippen LogP contribution in [0.5, 0.6) is 0 Å². The van der Waals surface area contributed by atoms with Crippen molar-refractivity contribution in [2.24, 2.45) is 0 Å². The molecule has 2 rings (SSSR count). The third kappa shape index (κ3) is 1.22. The van der Waals surface area contributed by atoms with Crippen LogP contribution in [0, 0.1) is 18.3 Å². The van der Waals surface area contributed by atoms with Gasteiger partial charge in [0.15, 0.2) is 6.10 Å². The van der Waals surface area contributed by atoms with E-state index in [1.807, 2.05) is 38.1 Å². The van der Waals surface area contributed by atoms with E-state index in [1.54, 1.807) is 0 Å². The molecule has 1 aromatic rings. The van der Waals surface area contributed by atoms with Gasteiger partial charge in [-0.2, -0.15) is 5.26 Å². The molecule has 1 aromatic carbocycles. The highest BCUT2D eigenvalue weighted by molar-refractivity contribution is 5.33. The fourth-order valence-corrected chi connectivity index (χ4v) is 1.46. The minimum Gasteiger partial charge on any atom is -0.345 e. The van der Waals surface area contributed by atoms with Crippen molar-refractivity contribution < 1.29 is 4.74 Å². The second-order valence-corrected chi connectivity index (χ2v) is 3.60. The van der Waals surface area contributed by atoms with Crippen LogP contribution in [0.15, 0.2) is 24.3 Å². The van der Waals surface area contributed by atoms with E-state index in [9.17, 15) is 0 Å². The van der Waals surface area contributed by atoms with Gasteiger partial charge in [-0.1, -0.05) is 29.8 Å². The number of hydrogen-bond donors (Lipinski definition) is 0. The Morgan fingerprint density at radius 2 is 2.00 bits per heavy atom. The number of hydrogen-bond acceptors (Lipinski definition) is 2. The summed E-state index contributed by atoms with van der Waals surface area (Å²) in [7, 11) is 0. The standard InChI is InChI=1S/C11H11NO/c1-8-3-5-9(6-4-8)11(2)10(7-12)13-11/h3-6,10H,1-2H3. The zero-order chi connectivity index (χ0) is 9.47. The molecule has 2 heteroatoms. The zero-order valence-corrected chi connectivity index (χ0v) is 7.74. The van der Waals surface area contributed by atoms with Gasteiger partial charge in [0.1, 0.15) is 5.60 Å². The van der Waals surface area contributed by atoms with Gasteiger partial charge in [-0.15, -0.1) is 0 Å². The molecule has 2 atom stereocenters. The maximum Gasteiger partial charge on any atom is 0.178 e. The van der Waals surface area contributed by atoms with Crippen molar-refractivity contribution in [3.63, 3.8) is 0 Å². The van der Waals surface area contributed by atoms with Crippen molar-refractivity contribution in [1.82, 2.24) is 0 Å². The summed E-state index contributed by atoms with van der Waals surface area (Å²) in [6.45, 7) is 3.99. The van der Waals surface area contributed by atoms with Crippen LogP contribution in [-0.2, 0) is 10.3 Å². The number of benzene rings is 1. The van der Waals surface area contributed by atoms with Crippen molar-refractivity contribution >= 4 is 0 Å². The van der Waals surface area contributed by atoms with Gasteiger partial charge in [0.05, 0.1) is 6.07 Å². The van der Waals surface area contributed by atoms with Gasteiger partial charge >= 0.3 is 0 Å². The predicted molar refractivity (Wildman–Crippen MR) is 49.0 cm³/mol. The summed E-state index contributed by atoms with van der Waals surface area (Å²) in [5.41, 5.74) is 1.95. The molecule has 2 nitrogen and oxygen atoms in total. The van der Waals surface area contributed by atoms with E-state index < -0.39 is 0 Å². The average molecular weight is 173 g/mol. The summed E-state index contributed by atoms with van der Waals surface area (Å²) < 4.78 is 5.32. The number of aryl methyl sites for hydroxylation is 1. The van der Waals surface area contributed by atoms with Crippen LogP contribution in [0.4, 0.5) is 0 Å². The first kappa shape index (κ1) is 8.28. The summed E-state index contributed by atoms with van der Waals surface area (Å²) >= 11 is 0. The lowest BCUT2D eigenvalue weighted by Gasteiger charge is -2.04. The van der Waals surface area contributed by atoms with Crippen LogP contribution in [0.3, 0.4) is 0 Å². The lowest BCUT2D eigenvalue weighted by Crippen LogP contribution is -2.05. The summed E-state index contributed by atoms with van der Waals surface area (Å²) in [5.74, 6) is 0. The summed E-state index contributed by atoms with van der Waals surface area (Å²) in [6, 6.07) is 10.2. The SMILES string of the molecule is Cc1ccc(C2(C)OC2C#N)cc1. The average Bonchev–Trinajstić information content (AvgIpc) is 2.80. The second kappa shape index (κ2) is 2.58. The highest BCUT2D eigenvalue weighted by Gasteiger charge is 2.54. The first-order chi connectivity index (χ1) is 6.16. The molecule has 66 valence electrons. The van der Waals surface area contributed by atoms with Gasteiger partial charge in [-0.05, 0) is 19.4 Å². The minimum atomic E-state index is -0.359. The first-order valence-corrected chi connectivity index (χ1v) is 4.31. The molecule has 0 spiro atoms. The van der Waals surface area contributed by atoms with Crippen molar-refractivity contribution in [2.75, 3.05) is 0 Å². The molecule has 0 amide bonds. The number of ether oxygens (including phenoxy) is 1. The lowest BCUT2D eigenvalue weighted by atomic mass is 9.97. The normalized spacial score (nSPS) is 31.0. The largest absolute Gasteiger partial charge is 0.345 e. The maximum atomic E-state index is 8.68. The molecule has 0 aliphatic carbocycles. The van der Waals surface area contributed by atoms with Gasteiger partial charge in [0, 0.05) is 0 Å². The summed E-state index contributed by atoms with van der Waals surface area (Å²) in [4.78, 5) is 0. The molecule has 13 heavy (non-hydrogen) atoms. The summed E-state index contributed by atoms with van der Waals surface area (Å²) in [5, 5.41) is 8.68. The molecule has 0 saturated carbocycles. The highest BCUT2D eigenvalue weighted by atomic mass is 16.6. The van der Waals surface area contributed by atoms with Crippen molar-refractivity contribution in [3.05, 3.63) is 35.4 Å². The maximum absolute atomic E-state index is 8.68.